The third-order valence-corrected chi connectivity index (χ3v) is 2.60. The van der Waals surface area contributed by atoms with Crippen molar-refractivity contribution in [3.8, 4) is 0 Å². The molecular weight excluding hydrogens is 202 g/mol. The van der Waals surface area contributed by atoms with Crippen LogP contribution in [0.2, 0.25) is 0 Å². The summed E-state index contributed by atoms with van der Waals surface area (Å²) in [5.74, 6) is 0.180. The topological polar surface area (TPSA) is 51.3 Å². The van der Waals surface area contributed by atoms with Crippen molar-refractivity contribution in [1.82, 2.24) is 9.47 Å². The van der Waals surface area contributed by atoms with Crippen LogP contribution in [0.1, 0.15) is 31.4 Å². The molecule has 0 aliphatic carbocycles. The summed E-state index contributed by atoms with van der Waals surface area (Å²) in [5.41, 5.74) is 6.91. The summed E-state index contributed by atoms with van der Waals surface area (Å²) >= 11 is 0. The lowest BCUT2D eigenvalue weighted by Gasteiger charge is -2.10. The highest BCUT2D eigenvalue weighted by Gasteiger charge is 2.04. The molecule has 1 aromatic heterocycles. The van der Waals surface area contributed by atoms with Crippen LogP contribution in [0.25, 0.3) is 0 Å². The van der Waals surface area contributed by atoms with Crippen LogP contribution in [-0.2, 0) is 11.3 Å². The van der Waals surface area contributed by atoms with Gasteiger partial charge >= 0.3 is 0 Å². The molecule has 90 valence electrons. The normalized spacial score (nSPS) is 12.5. The van der Waals surface area contributed by atoms with E-state index in [0.29, 0.717) is 6.42 Å². The van der Waals surface area contributed by atoms with E-state index in [1.54, 1.807) is 19.0 Å². The zero-order chi connectivity index (χ0) is 12.1. The van der Waals surface area contributed by atoms with E-state index in [-0.39, 0.29) is 11.9 Å². The summed E-state index contributed by atoms with van der Waals surface area (Å²) in [7, 11) is 3.57. The van der Waals surface area contributed by atoms with Crippen molar-refractivity contribution in [1.29, 1.82) is 0 Å². The molecule has 0 aliphatic rings. The molecule has 0 radical (unpaired) electrons. The number of rotatable bonds is 5. The lowest BCUT2D eigenvalue weighted by atomic mass is 10.2. The second kappa shape index (κ2) is 5.70. The number of carbonyl (C=O) groups excluding carboxylic acids is 1. The summed E-state index contributed by atoms with van der Waals surface area (Å²) in [5, 5.41) is 0. The van der Waals surface area contributed by atoms with Crippen LogP contribution >= 0.6 is 0 Å². The van der Waals surface area contributed by atoms with Gasteiger partial charge in [0.05, 0.1) is 0 Å². The maximum Gasteiger partial charge on any atom is 0.222 e. The zero-order valence-electron chi connectivity index (χ0n) is 10.3. The fraction of sp³-hybridized carbons (Fsp3) is 0.583. The Morgan fingerprint density at radius 3 is 2.75 bits per heavy atom. The van der Waals surface area contributed by atoms with Crippen molar-refractivity contribution >= 4 is 5.91 Å². The van der Waals surface area contributed by atoms with Crippen LogP contribution in [0.4, 0.5) is 0 Å². The number of nitrogens with two attached hydrogens (primary N) is 1. The molecule has 0 spiro atoms. The smallest absolute Gasteiger partial charge is 0.222 e. The number of carbonyl (C=O) groups is 1. The van der Waals surface area contributed by atoms with Gasteiger partial charge in [-0.2, -0.15) is 0 Å². The van der Waals surface area contributed by atoms with Crippen LogP contribution in [0.5, 0.6) is 0 Å². The van der Waals surface area contributed by atoms with Gasteiger partial charge in [0, 0.05) is 45.5 Å². The third-order valence-electron chi connectivity index (χ3n) is 2.60. The Hall–Kier alpha value is -1.29. The zero-order valence-corrected chi connectivity index (χ0v) is 10.3. The quantitative estimate of drug-likeness (QED) is 0.819. The van der Waals surface area contributed by atoms with Crippen molar-refractivity contribution < 1.29 is 4.79 Å². The van der Waals surface area contributed by atoms with Gasteiger partial charge in [-0.3, -0.25) is 4.79 Å². The first-order valence-corrected chi connectivity index (χ1v) is 5.62. The number of amides is 1. The highest BCUT2D eigenvalue weighted by atomic mass is 16.2. The van der Waals surface area contributed by atoms with Crippen molar-refractivity contribution in [2.24, 2.45) is 5.73 Å². The Kier molecular flexibility index (Phi) is 4.55. The monoisotopic (exact) mass is 223 g/mol. The van der Waals surface area contributed by atoms with E-state index in [1.165, 1.54) is 0 Å². The minimum Gasteiger partial charge on any atom is -0.354 e. The predicted octanol–water partition coefficient (Wildman–Crippen LogP) is 1.38. The van der Waals surface area contributed by atoms with Crippen molar-refractivity contribution in [3.05, 3.63) is 24.0 Å². The van der Waals surface area contributed by atoms with E-state index < -0.39 is 0 Å². The van der Waals surface area contributed by atoms with Gasteiger partial charge in [-0.1, -0.05) is 0 Å². The van der Waals surface area contributed by atoms with E-state index >= 15 is 0 Å². The number of nitrogens with zero attached hydrogens (tertiary/aromatic N) is 2. The molecule has 0 fully saturated rings. The SMILES string of the molecule is CC(N)c1ccn(CCCC(=O)N(C)C)c1. The number of hydrogen-bond donors (Lipinski definition) is 1. The van der Waals surface area contributed by atoms with Crippen LogP contribution < -0.4 is 5.73 Å². The average molecular weight is 223 g/mol. The molecule has 0 aromatic carbocycles. The van der Waals surface area contributed by atoms with Gasteiger partial charge in [0.1, 0.15) is 0 Å². The van der Waals surface area contributed by atoms with Gasteiger partial charge in [-0.15, -0.1) is 0 Å². The van der Waals surface area contributed by atoms with Gasteiger partial charge < -0.3 is 15.2 Å². The Balaban J connectivity index is 2.35. The fourth-order valence-corrected chi connectivity index (χ4v) is 1.50. The van der Waals surface area contributed by atoms with Crippen molar-refractivity contribution in [2.45, 2.75) is 32.4 Å². The lowest BCUT2D eigenvalue weighted by Crippen LogP contribution is -2.21. The summed E-state index contributed by atoms with van der Waals surface area (Å²) < 4.78 is 2.08. The van der Waals surface area contributed by atoms with E-state index in [1.807, 2.05) is 25.4 Å². The molecule has 4 heteroatoms. The summed E-state index contributed by atoms with van der Waals surface area (Å²) in [6.07, 6.45) is 5.52. The van der Waals surface area contributed by atoms with Crippen molar-refractivity contribution in [3.63, 3.8) is 0 Å². The summed E-state index contributed by atoms with van der Waals surface area (Å²) in [6.45, 7) is 2.83. The molecule has 1 amide bonds. The second-order valence-electron chi connectivity index (χ2n) is 4.36. The molecule has 1 heterocycles. The lowest BCUT2D eigenvalue weighted by molar-refractivity contribution is -0.128. The first-order valence-electron chi connectivity index (χ1n) is 5.62. The molecule has 0 aliphatic heterocycles. The van der Waals surface area contributed by atoms with Gasteiger partial charge in [0.25, 0.3) is 0 Å². The van der Waals surface area contributed by atoms with E-state index in [9.17, 15) is 4.79 Å². The van der Waals surface area contributed by atoms with E-state index in [0.717, 1.165) is 18.5 Å². The van der Waals surface area contributed by atoms with Crippen molar-refractivity contribution in [2.75, 3.05) is 14.1 Å². The standard InChI is InChI=1S/C12H21N3O/c1-10(13)11-6-8-15(9-11)7-4-5-12(16)14(2)3/h6,8-10H,4-5,7,13H2,1-3H3. The van der Waals surface area contributed by atoms with Crippen LogP contribution in [-0.4, -0.2) is 29.5 Å². The van der Waals surface area contributed by atoms with Crippen LogP contribution in [0.15, 0.2) is 18.5 Å². The molecule has 2 N–H and O–H groups in total. The summed E-state index contributed by atoms with van der Waals surface area (Å²) in [6, 6.07) is 2.10. The van der Waals surface area contributed by atoms with E-state index in [2.05, 4.69) is 4.57 Å². The minimum absolute atomic E-state index is 0.0738. The van der Waals surface area contributed by atoms with Crippen LogP contribution in [0, 0.1) is 0 Å². The van der Waals surface area contributed by atoms with E-state index in [4.69, 9.17) is 5.73 Å². The fourth-order valence-electron chi connectivity index (χ4n) is 1.50. The highest BCUT2D eigenvalue weighted by Crippen LogP contribution is 2.10. The highest BCUT2D eigenvalue weighted by molar-refractivity contribution is 5.75. The molecule has 0 saturated heterocycles. The Bertz CT molecular complexity index is 342. The first kappa shape index (κ1) is 12.8. The van der Waals surface area contributed by atoms with Gasteiger partial charge in [-0.05, 0) is 25.0 Å². The number of hydrogen-bond acceptors (Lipinski definition) is 2. The Morgan fingerprint density at radius 2 is 2.25 bits per heavy atom. The Morgan fingerprint density at radius 1 is 1.56 bits per heavy atom. The molecule has 0 saturated carbocycles. The minimum atomic E-state index is 0.0738. The number of aromatic nitrogens is 1. The van der Waals surface area contributed by atoms with Gasteiger partial charge in [0.2, 0.25) is 5.91 Å². The van der Waals surface area contributed by atoms with Gasteiger partial charge in [-0.25, -0.2) is 0 Å². The second-order valence-corrected chi connectivity index (χ2v) is 4.36. The first-order chi connectivity index (χ1) is 7.50. The van der Waals surface area contributed by atoms with Gasteiger partial charge in [0.15, 0.2) is 0 Å². The maximum absolute atomic E-state index is 11.3. The Labute approximate surface area is 97.0 Å². The summed E-state index contributed by atoms with van der Waals surface area (Å²) in [4.78, 5) is 13.0. The predicted molar refractivity (Wildman–Crippen MR) is 65.0 cm³/mol. The largest absolute Gasteiger partial charge is 0.354 e. The maximum atomic E-state index is 11.3. The molecule has 1 aromatic rings. The molecule has 0 bridgehead atoms. The molecule has 16 heavy (non-hydrogen) atoms. The average Bonchev–Trinajstić information content (AvgIpc) is 2.66. The molecule has 1 atom stereocenters. The number of aryl methyl sites for hydroxylation is 1. The molecule has 1 unspecified atom stereocenters. The van der Waals surface area contributed by atoms with Crippen LogP contribution in [0.3, 0.4) is 0 Å². The molecule has 4 nitrogen and oxygen atoms in total. The molecule has 1 rings (SSSR count). The molecular formula is C12H21N3O. The third kappa shape index (κ3) is 3.70.